The molecule has 8 nitrogen and oxygen atoms in total. The molecule has 0 radical (unpaired) electrons. The van der Waals surface area contributed by atoms with Gasteiger partial charge in [-0.15, -0.1) is 0 Å². The predicted octanol–water partition coefficient (Wildman–Crippen LogP) is 3.92. The van der Waals surface area contributed by atoms with Gasteiger partial charge >= 0.3 is 5.97 Å². The van der Waals surface area contributed by atoms with Crippen LogP contribution in [-0.2, 0) is 16.1 Å². The zero-order chi connectivity index (χ0) is 25.9. The van der Waals surface area contributed by atoms with Crippen molar-refractivity contribution in [2.75, 3.05) is 34.0 Å². The molecule has 0 saturated carbocycles. The third-order valence-corrected chi connectivity index (χ3v) is 7.19. The van der Waals surface area contributed by atoms with Crippen LogP contribution in [0.3, 0.4) is 0 Å². The number of likely N-dealkylation sites (N-methyl/N-ethyl adjacent to an activating group) is 1. The summed E-state index contributed by atoms with van der Waals surface area (Å²) in [7, 11) is 3.37. The number of methoxy groups -OCH3 is 1. The van der Waals surface area contributed by atoms with Crippen molar-refractivity contribution >= 4 is 11.9 Å². The second-order valence-electron chi connectivity index (χ2n) is 9.47. The second kappa shape index (κ2) is 10.5. The normalized spacial score (nSPS) is 20.5. The predicted molar refractivity (Wildman–Crippen MR) is 137 cm³/mol. The number of amides is 1. The summed E-state index contributed by atoms with van der Waals surface area (Å²) in [6, 6.07) is 22.3. The molecule has 2 aliphatic heterocycles. The van der Waals surface area contributed by atoms with Gasteiger partial charge in [0, 0.05) is 32.1 Å². The van der Waals surface area contributed by atoms with Crippen LogP contribution in [0.15, 0.2) is 72.8 Å². The SMILES string of the molecule is COc1ccc(C2C(C(=O)O)C(c3ccc4c(c3)OCO4)CN2CC(=O)N(C)Cc2ccccc2)cc1. The summed E-state index contributed by atoms with van der Waals surface area (Å²) in [5.41, 5.74) is 2.71. The molecule has 0 aromatic heterocycles. The van der Waals surface area contributed by atoms with Crippen molar-refractivity contribution in [3.05, 3.63) is 89.5 Å². The number of hydrogen-bond donors (Lipinski definition) is 1. The van der Waals surface area contributed by atoms with Crippen LogP contribution in [0.5, 0.6) is 17.2 Å². The zero-order valence-corrected chi connectivity index (χ0v) is 20.9. The summed E-state index contributed by atoms with van der Waals surface area (Å²) < 4.78 is 16.3. The molecule has 0 aliphatic carbocycles. The molecule has 1 N–H and O–H groups in total. The number of rotatable bonds is 8. The van der Waals surface area contributed by atoms with Gasteiger partial charge in [-0.05, 0) is 41.0 Å². The monoisotopic (exact) mass is 502 g/mol. The first-order valence-electron chi connectivity index (χ1n) is 12.2. The molecule has 1 saturated heterocycles. The first-order valence-corrected chi connectivity index (χ1v) is 12.2. The van der Waals surface area contributed by atoms with Crippen molar-refractivity contribution in [3.8, 4) is 17.2 Å². The highest BCUT2D eigenvalue weighted by molar-refractivity contribution is 5.79. The van der Waals surface area contributed by atoms with Gasteiger partial charge in [-0.1, -0.05) is 48.5 Å². The summed E-state index contributed by atoms with van der Waals surface area (Å²) in [6.07, 6.45) is 0. The summed E-state index contributed by atoms with van der Waals surface area (Å²) in [6.45, 7) is 1.15. The second-order valence-corrected chi connectivity index (χ2v) is 9.47. The molecule has 3 unspecified atom stereocenters. The number of aliphatic carboxylic acids is 1. The Morgan fingerprint density at radius 1 is 1.00 bits per heavy atom. The Bertz CT molecular complexity index is 1260. The minimum atomic E-state index is -0.906. The van der Waals surface area contributed by atoms with E-state index >= 15 is 0 Å². The Balaban J connectivity index is 1.45. The van der Waals surface area contributed by atoms with E-state index in [0.717, 1.165) is 16.7 Å². The van der Waals surface area contributed by atoms with E-state index in [1.165, 1.54) is 0 Å². The van der Waals surface area contributed by atoms with Gasteiger partial charge in [0.1, 0.15) is 5.75 Å². The van der Waals surface area contributed by atoms with E-state index in [1.807, 2.05) is 77.7 Å². The summed E-state index contributed by atoms with van der Waals surface area (Å²) >= 11 is 0. The maximum Gasteiger partial charge on any atom is 0.309 e. The lowest BCUT2D eigenvalue weighted by Gasteiger charge is -2.28. The summed E-state index contributed by atoms with van der Waals surface area (Å²) in [4.78, 5) is 29.7. The van der Waals surface area contributed by atoms with Gasteiger partial charge in [0.15, 0.2) is 11.5 Å². The third-order valence-electron chi connectivity index (χ3n) is 7.19. The van der Waals surface area contributed by atoms with E-state index in [2.05, 4.69) is 0 Å². The molecule has 2 aliphatic rings. The number of nitrogens with zero attached hydrogens (tertiary/aromatic N) is 2. The molecule has 192 valence electrons. The van der Waals surface area contributed by atoms with Gasteiger partial charge in [0.05, 0.1) is 19.6 Å². The van der Waals surface area contributed by atoms with E-state index in [9.17, 15) is 14.7 Å². The van der Waals surface area contributed by atoms with Crippen LogP contribution in [0.4, 0.5) is 0 Å². The van der Waals surface area contributed by atoms with Crippen LogP contribution >= 0.6 is 0 Å². The third kappa shape index (κ3) is 5.11. The van der Waals surface area contributed by atoms with Gasteiger partial charge in [0.25, 0.3) is 0 Å². The van der Waals surface area contributed by atoms with Crippen LogP contribution < -0.4 is 14.2 Å². The molecule has 1 fully saturated rings. The average molecular weight is 503 g/mol. The quantitative estimate of drug-likeness (QED) is 0.499. The Morgan fingerprint density at radius 2 is 1.70 bits per heavy atom. The maximum atomic E-state index is 13.3. The molecule has 37 heavy (non-hydrogen) atoms. The summed E-state index contributed by atoms with van der Waals surface area (Å²) in [5.74, 6) is -0.137. The number of likely N-dealkylation sites (tertiary alicyclic amines) is 1. The van der Waals surface area contributed by atoms with Crippen molar-refractivity contribution in [2.45, 2.75) is 18.5 Å². The minimum absolute atomic E-state index is 0.0714. The standard InChI is InChI=1S/C29H30N2O6/c1-30(15-19-6-4-3-5-7-19)26(32)17-31-16-23(21-10-13-24-25(14-21)37-18-36-24)27(29(33)34)28(31)20-8-11-22(35-2)12-9-20/h3-14,23,27-28H,15-18H2,1-2H3,(H,33,34). The average Bonchev–Trinajstić information content (AvgIpc) is 3.53. The molecular weight excluding hydrogens is 472 g/mol. The number of benzene rings is 3. The highest BCUT2D eigenvalue weighted by Crippen LogP contribution is 2.47. The maximum absolute atomic E-state index is 13.3. The molecule has 0 bridgehead atoms. The summed E-state index contributed by atoms with van der Waals surface area (Å²) in [5, 5.41) is 10.4. The zero-order valence-electron chi connectivity index (χ0n) is 20.9. The molecule has 1 amide bonds. The van der Waals surface area contributed by atoms with Crippen molar-refractivity contribution in [1.82, 2.24) is 9.80 Å². The first kappa shape index (κ1) is 24.6. The number of carbonyl (C=O) groups excluding carboxylic acids is 1. The van der Waals surface area contributed by atoms with Crippen LogP contribution in [-0.4, -0.2) is 60.8 Å². The number of fused-ring (bicyclic) bond motifs is 1. The topological polar surface area (TPSA) is 88.5 Å². The van der Waals surface area contributed by atoms with Crippen LogP contribution in [0.1, 0.15) is 28.7 Å². The lowest BCUT2D eigenvalue weighted by atomic mass is 9.82. The van der Waals surface area contributed by atoms with E-state index in [4.69, 9.17) is 14.2 Å². The van der Waals surface area contributed by atoms with Gasteiger partial charge < -0.3 is 24.2 Å². The van der Waals surface area contributed by atoms with Crippen molar-refractivity contribution in [3.63, 3.8) is 0 Å². The number of carboxylic acid groups (broad SMARTS) is 1. The van der Waals surface area contributed by atoms with Crippen LogP contribution in [0.25, 0.3) is 0 Å². The lowest BCUT2D eigenvalue weighted by molar-refractivity contribution is -0.143. The Hall–Kier alpha value is -4.04. The highest BCUT2D eigenvalue weighted by Gasteiger charge is 2.48. The number of carboxylic acids is 1. The molecule has 2 heterocycles. The van der Waals surface area contributed by atoms with E-state index in [-0.39, 0.29) is 25.2 Å². The number of carbonyl (C=O) groups is 2. The van der Waals surface area contributed by atoms with Gasteiger partial charge in [-0.25, -0.2) is 0 Å². The van der Waals surface area contributed by atoms with Gasteiger partial charge in [-0.3, -0.25) is 14.5 Å². The number of hydrogen-bond acceptors (Lipinski definition) is 6. The fraction of sp³-hybridized carbons (Fsp3) is 0.310. The molecular formula is C29H30N2O6. The van der Waals surface area contributed by atoms with Crippen LogP contribution in [0, 0.1) is 5.92 Å². The first-order chi connectivity index (χ1) is 17.9. The fourth-order valence-corrected chi connectivity index (χ4v) is 5.31. The highest BCUT2D eigenvalue weighted by atomic mass is 16.7. The Kier molecular flexibility index (Phi) is 7.01. The molecule has 5 rings (SSSR count). The smallest absolute Gasteiger partial charge is 0.309 e. The molecule has 3 aromatic rings. The van der Waals surface area contributed by atoms with E-state index < -0.39 is 17.9 Å². The van der Waals surface area contributed by atoms with Crippen LogP contribution in [0.2, 0.25) is 0 Å². The Morgan fingerprint density at radius 3 is 2.41 bits per heavy atom. The lowest BCUT2D eigenvalue weighted by Crippen LogP contribution is -2.39. The largest absolute Gasteiger partial charge is 0.497 e. The molecule has 0 spiro atoms. The molecule has 3 atom stereocenters. The van der Waals surface area contributed by atoms with E-state index in [1.54, 1.807) is 19.1 Å². The number of ether oxygens (including phenoxy) is 3. The van der Waals surface area contributed by atoms with Gasteiger partial charge in [0.2, 0.25) is 12.7 Å². The van der Waals surface area contributed by atoms with Gasteiger partial charge in [-0.2, -0.15) is 0 Å². The molecule has 8 heteroatoms. The van der Waals surface area contributed by atoms with Crippen molar-refractivity contribution in [2.24, 2.45) is 5.92 Å². The Labute approximate surface area is 216 Å². The fourth-order valence-electron chi connectivity index (χ4n) is 5.31. The molecule has 3 aromatic carbocycles. The van der Waals surface area contributed by atoms with Crippen molar-refractivity contribution in [1.29, 1.82) is 0 Å². The van der Waals surface area contributed by atoms with E-state index in [0.29, 0.717) is 30.3 Å². The minimum Gasteiger partial charge on any atom is -0.497 e. The van der Waals surface area contributed by atoms with Crippen molar-refractivity contribution < 1.29 is 28.9 Å².